The van der Waals surface area contributed by atoms with Crippen molar-refractivity contribution in [3.8, 4) is 0 Å². The molecule has 4 heteroatoms. The zero-order chi connectivity index (χ0) is 15.9. The van der Waals surface area contributed by atoms with Crippen LogP contribution in [0, 0.1) is 0 Å². The van der Waals surface area contributed by atoms with Crippen molar-refractivity contribution in [2.75, 3.05) is 46.3 Å². The normalized spacial score (nSPS) is 19.0. The van der Waals surface area contributed by atoms with E-state index in [-0.39, 0.29) is 0 Å². The molecular weight excluding hydrogens is 272 g/mol. The third-order valence-electron chi connectivity index (χ3n) is 4.90. The summed E-state index contributed by atoms with van der Waals surface area (Å²) in [7, 11) is 2.20. The van der Waals surface area contributed by atoms with Crippen molar-refractivity contribution in [3.63, 3.8) is 0 Å². The van der Waals surface area contributed by atoms with Gasteiger partial charge in [-0.05, 0) is 59.5 Å². The number of rotatable bonds is 7. The summed E-state index contributed by atoms with van der Waals surface area (Å²) in [5, 5.41) is 0. The van der Waals surface area contributed by atoms with E-state index < -0.39 is 0 Å². The first-order valence-corrected chi connectivity index (χ1v) is 8.65. The molecule has 1 aliphatic heterocycles. The van der Waals surface area contributed by atoms with Gasteiger partial charge in [-0.15, -0.1) is 0 Å². The van der Waals surface area contributed by atoms with Gasteiger partial charge >= 0.3 is 0 Å². The highest BCUT2D eigenvalue weighted by molar-refractivity contribution is 5.07. The SMILES string of the molecule is CC(C)N1CCN(CCCN(C)[C@H](C)c2ccccn2)CC1. The molecule has 0 saturated carbocycles. The molecule has 2 heterocycles. The summed E-state index contributed by atoms with van der Waals surface area (Å²) in [6.07, 6.45) is 3.11. The van der Waals surface area contributed by atoms with Crippen LogP contribution in [0.4, 0.5) is 0 Å². The summed E-state index contributed by atoms with van der Waals surface area (Å²) in [6.45, 7) is 14.1. The van der Waals surface area contributed by atoms with E-state index in [1.165, 1.54) is 39.1 Å². The minimum Gasteiger partial charge on any atom is -0.301 e. The molecule has 0 bridgehead atoms. The van der Waals surface area contributed by atoms with Crippen molar-refractivity contribution in [1.29, 1.82) is 0 Å². The molecule has 1 atom stereocenters. The van der Waals surface area contributed by atoms with E-state index in [1.54, 1.807) is 0 Å². The first kappa shape index (κ1) is 17.4. The van der Waals surface area contributed by atoms with Crippen molar-refractivity contribution in [2.45, 2.75) is 39.3 Å². The summed E-state index contributed by atoms with van der Waals surface area (Å²) >= 11 is 0. The van der Waals surface area contributed by atoms with Gasteiger partial charge in [0.2, 0.25) is 0 Å². The first-order chi connectivity index (χ1) is 10.6. The summed E-state index contributed by atoms with van der Waals surface area (Å²) in [5.74, 6) is 0. The number of hydrogen-bond donors (Lipinski definition) is 0. The predicted octanol–water partition coefficient (Wildman–Crippen LogP) is 2.49. The van der Waals surface area contributed by atoms with Gasteiger partial charge in [0.1, 0.15) is 0 Å². The van der Waals surface area contributed by atoms with Gasteiger partial charge in [0, 0.05) is 44.5 Å². The van der Waals surface area contributed by atoms with E-state index in [2.05, 4.69) is 59.6 Å². The van der Waals surface area contributed by atoms with Crippen LogP contribution in [0.25, 0.3) is 0 Å². The van der Waals surface area contributed by atoms with Gasteiger partial charge in [-0.25, -0.2) is 0 Å². The van der Waals surface area contributed by atoms with Crippen LogP contribution in [0.15, 0.2) is 24.4 Å². The van der Waals surface area contributed by atoms with Gasteiger partial charge in [0.15, 0.2) is 0 Å². The van der Waals surface area contributed by atoms with Crippen molar-refractivity contribution in [3.05, 3.63) is 30.1 Å². The Labute approximate surface area is 136 Å². The largest absolute Gasteiger partial charge is 0.301 e. The maximum atomic E-state index is 4.46. The molecule has 1 aromatic heterocycles. The van der Waals surface area contributed by atoms with E-state index in [0.717, 1.165) is 12.2 Å². The van der Waals surface area contributed by atoms with E-state index in [4.69, 9.17) is 0 Å². The van der Waals surface area contributed by atoms with Crippen molar-refractivity contribution >= 4 is 0 Å². The number of nitrogens with zero attached hydrogens (tertiary/aromatic N) is 4. The predicted molar refractivity (Wildman–Crippen MR) is 93.0 cm³/mol. The van der Waals surface area contributed by atoms with Gasteiger partial charge in [0.05, 0.1) is 5.69 Å². The van der Waals surface area contributed by atoms with Gasteiger partial charge < -0.3 is 4.90 Å². The molecule has 4 nitrogen and oxygen atoms in total. The van der Waals surface area contributed by atoms with Crippen molar-refractivity contribution in [1.82, 2.24) is 19.7 Å². The quantitative estimate of drug-likeness (QED) is 0.772. The second-order valence-corrected chi connectivity index (χ2v) is 6.74. The van der Waals surface area contributed by atoms with Crippen molar-refractivity contribution in [2.24, 2.45) is 0 Å². The molecule has 0 unspecified atom stereocenters. The molecular formula is C18H32N4. The Hall–Kier alpha value is -0.970. The van der Waals surface area contributed by atoms with Crippen LogP contribution in [0.1, 0.15) is 38.9 Å². The smallest absolute Gasteiger partial charge is 0.0572 e. The van der Waals surface area contributed by atoms with Crippen LogP contribution in [0.2, 0.25) is 0 Å². The molecule has 22 heavy (non-hydrogen) atoms. The molecule has 0 spiro atoms. The van der Waals surface area contributed by atoms with Gasteiger partial charge in [0.25, 0.3) is 0 Å². The number of pyridine rings is 1. The summed E-state index contributed by atoms with van der Waals surface area (Å²) in [4.78, 5) is 12.1. The number of hydrogen-bond acceptors (Lipinski definition) is 4. The summed E-state index contributed by atoms with van der Waals surface area (Å²) < 4.78 is 0. The third-order valence-corrected chi connectivity index (χ3v) is 4.90. The molecule has 1 aromatic rings. The lowest BCUT2D eigenvalue weighted by Crippen LogP contribution is -2.49. The Morgan fingerprint density at radius 2 is 1.86 bits per heavy atom. The minimum atomic E-state index is 0.388. The number of piperazine rings is 1. The van der Waals surface area contributed by atoms with Crippen LogP contribution in [0.3, 0.4) is 0 Å². The molecule has 0 radical (unpaired) electrons. The second kappa shape index (κ2) is 8.61. The fourth-order valence-electron chi connectivity index (χ4n) is 3.09. The van der Waals surface area contributed by atoms with Crippen LogP contribution >= 0.6 is 0 Å². The molecule has 0 aromatic carbocycles. The zero-order valence-electron chi connectivity index (χ0n) is 14.7. The standard InChI is InChI=1S/C18H32N4/c1-16(2)22-14-12-21(13-15-22)11-7-10-20(4)17(3)18-8-5-6-9-19-18/h5-6,8-9,16-17H,7,10-15H2,1-4H3/t17-/m1/s1. The Morgan fingerprint density at radius 3 is 2.45 bits per heavy atom. The van der Waals surface area contributed by atoms with E-state index in [0.29, 0.717) is 12.1 Å². The first-order valence-electron chi connectivity index (χ1n) is 8.65. The van der Waals surface area contributed by atoms with Crippen LogP contribution in [0.5, 0.6) is 0 Å². The van der Waals surface area contributed by atoms with E-state index in [9.17, 15) is 0 Å². The molecule has 0 N–H and O–H groups in total. The highest BCUT2D eigenvalue weighted by Gasteiger charge is 2.18. The summed E-state index contributed by atoms with van der Waals surface area (Å²) in [6, 6.07) is 7.24. The fourth-order valence-corrected chi connectivity index (χ4v) is 3.09. The molecule has 1 saturated heterocycles. The average molecular weight is 304 g/mol. The van der Waals surface area contributed by atoms with E-state index in [1.807, 2.05) is 12.3 Å². The zero-order valence-corrected chi connectivity index (χ0v) is 14.7. The van der Waals surface area contributed by atoms with Crippen LogP contribution in [-0.4, -0.2) is 72.0 Å². The van der Waals surface area contributed by atoms with Gasteiger partial charge in [-0.1, -0.05) is 6.07 Å². The Balaban J connectivity index is 1.66. The lowest BCUT2D eigenvalue weighted by atomic mass is 10.2. The third kappa shape index (κ3) is 5.04. The lowest BCUT2D eigenvalue weighted by molar-refractivity contribution is 0.104. The van der Waals surface area contributed by atoms with Crippen molar-refractivity contribution < 1.29 is 0 Å². The monoisotopic (exact) mass is 304 g/mol. The topological polar surface area (TPSA) is 22.6 Å². The van der Waals surface area contributed by atoms with Gasteiger partial charge in [-0.3, -0.25) is 14.8 Å². The Morgan fingerprint density at radius 1 is 1.14 bits per heavy atom. The fraction of sp³-hybridized carbons (Fsp3) is 0.722. The maximum absolute atomic E-state index is 4.46. The Kier molecular flexibility index (Phi) is 6.80. The van der Waals surface area contributed by atoms with Crippen LogP contribution < -0.4 is 0 Å². The molecule has 2 rings (SSSR count). The summed E-state index contributed by atoms with van der Waals surface area (Å²) in [5.41, 5.74) is 1.16. The molecule has 0 aliphatic carbocycles. The second-order valence-electron chi connectivity index (χ2n) is 6.74. The molecule has 124 valence electrons. The molecule has 1 aliphatic rings. The van der Waals surface area contributed by atoms with Gasteiger partial charge in [-0.2, -0.15) is 0 Å². The van der Waals surface area contributed by atoms with E-state index >= 15 is 0 Å². The maximum Gasteiger partial charge on any atom is 0.0572 e. The van der Waals surface area contributed by atoms with Crippen LogP contribution in [-0.2, 0) is 0 Å². The lowest BCUT2D eigenvalue weighted by Gasteiger charge is -2.37. The highest BCUT2D eigenvalue weighted by atomic mass is 15.3. The average Bonchev–Trinajstić information content (AvgIpc) is 2.55. The highest BCUT2D eigenvalue weighted by Crippen LogP contribution is 2.16. The molecule has 1 fully saturated rings. The minimum absolute atomic E-state index is 0.388. The number of aromatic nitrogens is 1. The molecule has 0 amide bonds. The Bertz CT molecular complexity index is 412.